The number of aromatic nitrogens is 2. The first-order valence-corrected chi connectivity index (χ1v) is 9.26. The topological polar surface area (TPSA) is 85.4 Å². The predicted molar refractivity (Wildman–Crippen MR) is 113 cm³/mol. The van der Waals surface area contributed by atoms with Crippen molar-refractivity contribution in [2.45, 2.75) is 13.3 Å². The van der Waals surface area contributed by atoms with Crippen LogP contribution in [-0.4, -0.2) is 36.7 Å². The number of ether oxygens (including phenoxy) is 2. The molecule has 0 fully saturated rings. The molecular weight excluding hydrogens is 368 g/mol. The fourth-order valence-corrected chi connectivity index (χ4v) is 2.89. The van der Waals surface area contributed by atoms with Crippen molar-refractivity contribution in [2.75, 3.05) is 31.4 Å². The summed E-state index contributed by atoms with van der Waals surface area (Å²) in [4.78, 5) is 20.5. The second-order valence-electron chi connectivity index (χ2n) is 6.40. The van der Waals surface area contributed by atoms with Crippen molar-refractivity contribution < 1.29 is 14.3 Å². The highest BCUT2D eigenvalue weighted by Crippen LogP contribution is 2.19. The maximum Gasteiger partial charge on any atom is 0.337 e. The molecule has 0 aliphatic carbocycles. The SMILES string of the molecule is COC(=O)c1ccc(Nc2nc(C)cc(NCCc3ccccc3OC)n2)cc1. The third-order valence-electron chi connectivity index (χ3n) is 4.31. The minimum absolute atomic E-state index is 0.370. The molecule has 0 saturated carbocycles. The fourth-order valence-electron chi connectivity index (χ4n) is 2.89. The zero-order valence-electron chi connectivity index (χ0n) is 16.7. The lowest BCUT2D eigenvalue weighted by Gasteiger charge is -2.11. The van der Waals surface area contributed by atoms with Gasteiger partial charge in [-0.3, -0.25) is 0 Å². The van der Waals surface area contributed by atoms with E-state index in [0.717, 1.165) is 34.9 Å². The molecule has 0 amide bonds. The quantitative estimate of drug-likeness (QED) is 0.561. The molecular formula is C22H24N4O3. The number of aryl methyl sites for hydroxylation is 1. The van der Waals surface area contributed by atoms with E-state index in [4.69, 9.17) is 9.47 Å². The highest BCUT2D eigenvalue weighted by Gasteiger charge is 2.07. The van der Waals surface area contributed by atoms with Crippen LogP contribution in [0.1, 0.15) is 21.6 Å². The number of nitrogens with zero attached hydrogens (tertiary/aromatic N) is 2. The van der Waals surface area contributed by atoms with Crippen LogP contribution in [0.25, 0.3) is 0 Å². The molecule has 2 aromatic carbocycles. The van der Waals surface area contributed by atoms with E-state index in [1.807, 2.05) is 31.2 Å². The van der Waals surface area contributed by atoms with Gasteiger partial charge in [0.15, 0.2) is 0 Å². The lowest BCUT2D eigenvalue weighted by atomic mass is 10.1. The first-order valence-electron chi connectivity index (χ1n) is 9.26. The lowest BCUT2D eigenvalue weighted by Crippen LogP contribution is -2.09. The maximum atomic E-state index is 11.5. The number of methoxy groups -OCH3 is 2. The Kier molecular flexibility index (Phi) is 6.63. The Bertz CT molecular complexity index is 974. The zero-order chi connectivity index (χ0) is 20.6. The molecule has 0 aliphatic heterocycles. The highest BCUT2D eigenvalue weighted by molar-refractivity contribution is 5.89. The first-order chi connectivity index (χ1) is 14.1. The molecule has 0 bridgehead atoms. The van der Waals surface area contributed by atoms with Crippen molar-refractivity contribution in [3.63, 3.8) is 0 Å². The molecule has 0 aliphatic rings. The summed E-state index contributed by atoms with van der Waals surface area (Å²) in [5.74, 6) is 1.73. The number of hydrogen-bond donors (Lipinski definition) is 2. The van der Waals surface area contributed by atoms with Crippen molar-refractivity contribution in [3.8, 4) is 5.75 Å². The van der Waals surface area contributed by atoms with Crippen LogP contribution in [0.4, 0.5) is 17.5 Å². The van der Waals surface area contributed by atoms with Gasteiger partial charge in [-0.05, 0) is 49.2 Å². The van der Waals surface area contributed by atoms with Gasteiger partial charge in [0.05, 0.1) is 19.8 Å². The molecule has 0 radical (unpaired) electrons. The highest BCUT2D eigenvalue weighted by atomic mass is 16.5. The summed E-state index contributed by atoms with van der Waals surface area (Å²) in [6, 6.07) is 16.8. The summed E-state index contributed by atoms with van der Waals surface area (Å²) < 4.78 is 10.1. The van der Waals surface area contributed by atoms with Crippen molar-refractivity contribution in [1.29, 1.82) is 0 Å². The van der Waals surface area contributed by atoms with Gasteiger partial charge in [-0.15, -0.1) is 0 Å². The molecule has 7 heteroatoms. The molecule has 3 rings (SSSR count). The second-order valence-corrected chi connectivity index (χ2v) is 6.40. The van der Waals surface area contributed by atoms with Crippen molar-refractivity contribution in [3.05, 3.63) is 71.4 Å². The van der Waals surface area contributed by atoms with Gasteiger partial charge >= 0.3 is 5.97 Å². The molecule has 0 unspecified atom stereocenters. The van der Waals surface area contributed by atoms with Crippen LogP contribution in [-0.2, 0) is 11.2 Å². The number of rotatable bonds is 8. The predicted octanol–water partition coefficient (Wildman–Crippen LogP) is 3.98. The van der Waals surface area contributed by atoms with Crippen LogP contribution < -0.4 is 15.4 Å². The first kappa shape index (κ1) is 20.1. The largest absolute Gasteiger partial charge is 0.496 e. The van der Waals surface area contributed by atoms with Gasteiger partial charge in [-0.1, -0.05) is 18.2 Å². The van der Waals surface area contributed by atoms with Crippen LogP contribution in [0.15, 0.2) is 54.6 Å². The number of carbonyl (C=O) groups excluding carboxylic acids is 1. The van der Waals surface area contributed by atoms with Crippen LogP contribution in [0.2, 0.25) is 0 Å². The van der Waals surface area contributed by atoms with E-state index in [0.29, 0.717) is 18.1 Å². The fraction of sp³-hybridized carbons (Fsp3) is 0.227. The molecule has 1 heterocycles. The van der Waals surface area contributed by atoms with E-state index in [1.165, 1.54) is 7.11 Å². The molecule has 150 valence electrons. The summed E-state index contributed by atoms with van der Waals surface area (Å²) in [5, 5.41) is 6.50. The average molecular weight is 392 g/mol. The number of carbonyl (C=O) groups is 1. The minimum Gasteiger partial charge on any atom is -0.496 e. The second kappa shape index (κ2) is 9.54. The Hall–Kier alpha value is -3.61. The third-order valence-corrected chi connectivity index (χ3v) is 4.31. The average Bonchev–Trinajstić information content (AvgIpc) is 2.73. The van der Waals surface area contributed by atoms with E-state index in [-0.39, 0.29) is 5.97 Å². The number of esters is 1. The number of hydrogen-bond acceptors (Lipinski definition) is 7. The summed E-state index contributed by atoms with van der Waals surface area (Å²) in [6.45, 7) is 2.63. The number of para-hydroxylation sites is 1. The smallest absolute Gasteiger partial charge is 0.337 e. The molecule has 0 atom stereocenters. The summed E-state index contributed by atoms with van der Waals surface area (Å²) in [7, 11) is 3.03. The molecule has 2 N–H and O–H groups in total. The van der Waals surface area contributed by atoms with Gasteiger partial charge in [0, 0.05) is 24.0 Å². The number of benzene rings is 2. The molecule has 0 spiro atoms. The van der Waals surface area contributed by atoms with Crippen LogP contribution in [0, 0.1) is 6.92 Å². The number of anilines is 3. The Labute approximate surface area is 170 Å². The maximum absolute atomic E-state index is 11.5. The van der Waals surface area contributed by atoms with Gasteiger partial charge < -0.3 is 20.1 Å². The van der Waals surface area contributed by atoms with E-state index in [2.05, 4.69) is 26.7 Å². The number of nitrogens with one attached hydrogen (secondary N) is 2. The van der Waals surface area contributed by atoms with Crippen molar-refractivity contribution >= 4 is 23.4 Å². The van der Waals surface area contributed by atoms with Crippen molar-refractivity contribution in [2.24, 2.45) is 0 Å². The monoisotopic (exact) mass is 392 g/mol. The Morgan fingerprint density at radius 1 is 1.03 bits per heavy atom. The van der Waals surface area contributed by atoms with Gasteiger partial charge in [0.25, 0.3) is 0 Å². The van der Waals surface area contributed by atoms with Gasteiger partial charge in [-0.2, -0.15) is 4.98 Å². The van der Waals surface area contributed by atoms with Gasteiger partial charge in [0.1, 0.15) is 11.6 Å². The Morgan fingerprint density at radius 3 is 2.52 bits per heavy atom. The molecule has 3 aromatic rings. The normalized spacial score (nSPS) is 10.3. The molecule has 7 nitrogen and oxygen atoms in total. The van der Waals surface area contributed by atoms with Crippen LogP contribution in [0.5, 0.6) is 5.75 Å². The van der Waals surface area contributed by atoms with E-state index >= 15 is 0 Å². The van der Waals surface area contributed by atoms with Crippen LogP contribution in [0.3, 0.4) is 0 Å². The third kappa shape index (κ3) is 5.44. The van der Waals surface area contributed by atoms with Crippen LogP contribution >= 0.6 is 0 Å². The molecule has 1 aromatic heterocycles. The standard InChI is InChI=1S/C22H24N4O3/c1-15-14-20(23-13-12-16-6-4-5-7-19(16)28-2)26-22(24-15)25-18-10-8-17(9-11-18)21(27)29-3/h4-11,14H,12-13H2,1-3H3,(H2,23,24,25,26). The minimum atomic E-state index is -0.370. The van der Waals surface area contributed by atoms with Crippen molar-refractivity contribution in [1.82, 2.24) is 9.97 Å². The van der Waals surface area contributed by atoms with E-state index in [1.54, 1.807) is 31.4 Å². The van der Waals surface area contributed by atoms with E-state index < -0.39 is 0 Å². The summed E-state index contributed by atoms with van der Waals surface area (Å²) in [6.07, 6.45) is 0.810. The lowest BCUT2D eigenvalue weighted by molar-refractivity contribution is 0.0601. The summed E-state index contributed by atoms with van der Waals surface area (Å²) >= 11 is 0. The zero-order valence-corrected chi connectivity index (χ0v) is 16.7. The Morgan fingerprint density at radius 2 is 1.79 bits per heavy atom. The molecule has 0 saturated heterocycles. The summed E-state index contributed by atoms with van der Waals surface area (Å²) in [5.41, 5.74) is 3.25. The van der Waals surface area contributed by atoms with E-state index in [9.17, 15) is 4.79 Å². The van der Waals surface area contributed by atoms with Gasteiger partial charge in [0.2, 0.25) is 5.95 Å². The molecule has 29 heavy (non-hydrogen) atoms. The Balaban J connectivity index is 1.64. The van der Waals surface area contributed by atoms with Gasteiger partial charge in [-0.25, -0.2) is 9.78 Å².